The molecule has 0 aromatic heterocycles. The number of hydrogen-bond donors (Lipinski definition) is 1. The van der Waals surface area contributed by atoms with Gasteiger partial charge in [-0.05, 0) is 43.5 Å². The quantitative estimate of drug-likeness (QED) is 0.611. The molecule has 0 radical (unpaired) electrons. The van der Waals surface area contributed by atoms with Crippen molar-refractivity contribution >= 4 is 17.5 Å². The van der Waals surface area contributed by atoms with E-state index in [4.69, 9.17) is 9.84 Å². The van der Waals surface area contributed by atoms with E-state index in [2.05, 4.69) is 11.8 Å². The van der Waals surface area contributed by atoms with E-state index < -0.39 is 12.2 Å². The number of aliphatic hydroxyl groups excluding tert-OH is 1. The van der Waals surface area contributed by atoms with Crippen molar-refractivity contribution in [2.45, 2.75) is 32.0 Å². The summed E-state index contributed by atoms with van der Waals surface area (Å²) in [6.07, 6.45) is 0.206. The van der Waals surface area contributed by atoms with Crippen molar-refractivity contribution in [1.29, 1.82) is 0 Å². The van der Waals surface area contributed by atoms with Gasteiger partial charge in [-0.1, -0.05) is 11.8 Å². The molecule has 0 spiro atoms. The van der Waals surface area contributed by atoms with Crippen LogP contribution in [0, 0.1) is 18.8 Å². The lowest BCUT2D eigenvalue weighted by atomic mass is 10.1. The Hall–Kier alpha value is -2.16. The normalized spacial score (nSPS) is 24.0. The van der Waals surface area contributed by atoms with Crippen molar-refractivity contribution in [3.05, 3.63) is 29.3 Å². The molecule has 5 nitrogen and oxygen atoms in total. The molecule has 2 aliphatic heterocycles. The van der Waals surface area contributed by atoms with Crippen LogP contribution in [0.3, 0.4) is 0 Å². The number of anilines is 1. The highest BCUT2D eigenvalue weighted by molar-refractivity contribution is 6.20. The Labute approximate surface area is 122 Å². The second kappa shape index (κ2) is 5.32. The number of aryl methyl sites for hydroxylation is 1. The van der Waals surface area contributed by atoms with E-state index in [1.165, 1.54) is 4.90 Å². The van der Waals surface area contributed by atoms with Crippen LogP contribution in [0.4, 0.5) is 5.69 Å². The number of ether oxygens (including phenoxy) is 1. The van der Waals surface area contributed by atoms with Crippen LogP contribution in [0.5, 0.6) is 0 Å². The summed E-state index contributed by atoms with van der Waals surface area (Å²) < 4.78 is 5.40. The van der Waals surface area contributed by atoms with Crippen LogP contribution in [0.2, 0.25) is 0 Å². The zero-order chi connectivity index (χ0) is 15.0. The van der Waals surface area contributed by atoms with Crippen LogP contribution in [-0.4, -0.2) is 35.7 Å². The number of benzene rings is 1. The third-order valence-corrected chi connectivity index (χ3v) is 3.76. The van der Waals surface area contributed by atoms with Gasteiger partial charge in [-0.2, -0.15) is 0 Å². The van der Waals surface area contributed by atoms with Crippen LogP contribution < -0.4 is 4.90 Å². The molecule has 2 bridgehead atoms. The Bertz CT molecular complexity index is 649. The average molecular weight is 285 g/mol. The lowest BCUT2D eigenvalue weighted by Gasteiger charge is -2.30. The molecule has 3 rings (SSSR count). The molecule has 2 aliphatic rings. The van der Waals surface area contributed by atoms with Crippen LogP contribution in [0.25, 0.3) is 0 Å². The zero-order valence-electron chi connectivity index (χ0n) is 11.6. The molecule has 1 aromatic rings. The summed E-state index contributed by atoms with van der Waals surface area (Å²) in [6.45, 7) is 1.63. The third-order valence-electron chi connectivity index (χ3n) is 3.76. The molecule has 0 saturated carbocycles. The molecule has 2 heterocycles. The first-order valence-electron chi connectivity index (χ1n) is 6.85. The van der Waals surface area contributed by atoms with E-state index in [1.807, 2.05) is 6.92 Å². The second-order valence-electron chi connectivity index (χ2n) is 5.16. The Morgan fingerprint density at radius 2 is 1.95 bits per heavy atom. The van der Waals surface area contributed by atoms with Crippen LogP contribution in [0.1, 0.15) is 24.0 Å². The van der Waals surface area contributed by atoms with Gasteiger partial charge in [0.15, 0.2) is 0 Å². The van der Waals surface area contributed by atoms with E-state index in [0.717, 1.165) is 11.1 Å². The number of imide groups is 1. The largest absolute Gasteiger partial charge is 0.384 e. The summed E-state index contributed by atoms with van der Waals surface area (Å²) in [7, 11) is 0. The van der Waals surface area contributed by atoms with Gasteiger partial charge in [0.05, 0.1) is 5.69 Å². The second-order valence-corrected chi connectivity index (χ2v) is 5.16. The smallest absolute Gasteiger partial charge is 0.262 e. The van der Waals surface area contributed by atoms with E-state index >= 15 is 0 Å². The fraction of sp³-hybridized carbons (Fsp3) is 0.375. The Morgan fingerprint density at radius 1 is 1.29 bits per heavy atom. The molecule has 2 unspecified atom stereocenters. The topological polar surface area (TPSA) is 66.8 Å². The molecule has 2 amide bonds. The van der Waals surface area contributed by atoms with Crippen molar-refractivity contribution in [1.82, 2.24) is 0 Å². The number of carbonyl (C=O) groups excluding carboxylic acids is 2. The van der Waals surface area contributed by atoms with Gasteiger partial charge in [-0.25, -0.2) is 4.90 Å². The van der Waals surface area contributed by atoms with E-state index in [-0.39, 0.29) is 18.4 Å². The molecular weight excluding hydrogens is 270 g/mol. The molecule has 5 heteroatoms. The zero-order valence-corrected chi connectivity index (χ0v) is 11.6. The van der Waals surface area contributed by atoms with E-state index in [9.17, 15) is 9.59 Å². The van der Waals surface area contributed by atoms with Gasteiger partial charge in [0, 0.05) is 5.56 Å². The number of carbonyl (C=O) groups is 2. The predicted molar refractivity (Wildman–Crippen MR) is 75.5 cm³/mol. The van der Waals surface area contributed by atoms with E-state index in [1.54, 1.807) is 18.2 Å². The summed E-state index contributed by atoms with van der Waals surface area (Å²) in [6, 6.07) is 5.26. The maximum atomic E-state index is 12.3. The molecule has 1 N–H and O–H groups in total. The first-order chi connectivity index (χ1) is 10.1. The van der Waals surface area contributed by atoms with Crippen molar-refractivity contribution in [2.24, 2.45) is 0 Å². The maximum absolute atomic E-state index is 12.3. The van der Waals surface area contributed by atoms with Crippen LogP contribution in [0.15, 0.2) is 18.2 Å². The highest BCUT2D eigenvalue weighted by Gasteiger charge is 2.47. The molecule has 2 fully saturated rings. The minimum atomic E-state index is -0.499. The number of rotatable bonds is 1. The molecule has 2 atom stereocenters. The molecule has 108 valence electrons. The van der Waals surface area contributed by atoms with Gasteiger partial charge in [-0.3, -0.25) is 9.59 Å². The van der Waals surface area contributed by atoms with Gasteiger partial charge in [0.1, 0.15) is 18.8 Å². The number of aliphatic hydroxyl groups is 1. The predicted octanol–water partition coefficient (Wildman–Crippen LogP) is 0.760. The minimum Gasteiger partial charge on any atom is -0.384 e. The molecule has 1 aromatic carbocycles. The summed E-state index contributed by atoms with van der Waals surface area (Å²) in [4.78, 5) is 25.9. The van der Waals surface area contributed by atoms with E-state index in [0.29, 0.717) is 18.5 Å². The summed E-state index contributed by atoms with van der Waals surface area (Å²) in [5.41, 5.74) is 2.11. The maximum Gasteiger partial charge on any atom is 0.262 e. The van der Waals surface area contributed by atoms with Crippen molar-refractivity contribution in [2.75, 3.05) is 11.5 Å². The minimum absolute atomic E-state index is 0.204. The van der Waals surface area contributed by atoms with Gasteiger partial charge in [0.2, 0.25) is 0 Å². The highest BCUT2D eigenvalue weighted by atomic mass is 16.5. The molecular formula is C16H15NO4. The first-order valence-corrected chi connectivity index (χ1v) is 6.85. The molecule has 21 heavy (non-hydrogen) atoms. The van der Waals surface area contributed by atoms with Crippen molar-refractivity contribution in [3.8, 4) is 11.8 Å². The van der Waals surface area contributed by atoms with Gasteiger partial charge in [-0.15, -0.1) is 0 Å². The first kappa shape index (κ1) is 13.8. The lowest BCUT2D eigenvalue weighted by molar-refractivity contribution is -0.146. The molecule has 2 saturated heterocycles. The highest BCUT2D eigenvalue weighted by Crippen LogP contribution is 2.33. The van der Waals surface area contributed by atoms with Gasteiger partial charge < -0.3 is 9.84 Å². The average Bonchev–Trinajstić information content (AvgIpc) is 2.92. The Balaban J connectivity index is 1.96. The number of amides is 2. The van der Waals surface area contributed by atoms with Gasteiger partial charge in [0.25, 0.3) is 11.8 Å². The van der Waals surface area contributed by atoms with Gasteiger partial charge >= 0.3 is 0 Å². The molecule has 0 aliphatic carbocycles. The number of nitrogens with zero attached hydrogens (tertiary/aromatic N) is 1. The third kappa shape index (κ3) is 2.33. The number of fused-ring (bicyclic) bond motifs is 2. The summed E-state index contributed by atoms with van der Waals surface area (Å²) in [5.74, 6) is 4.80. The summed E-state index contributed by atoms with van der Waals surface area (Å²) >= 11 is 0. The number of hydrogen-bond acceptors (Lipinski definition) is 4. The van der Waals surface area contributed by atoms with Crippen molar-refractivity contribution < 1.29 is 19.4 Å². The fourth-order valence-corrected chi connectivity index (χ4v) is 2.76. The standard InChI is InChI=1S/C16H15NO4/c1-10-9-11(3-2-8-18)4-5-12(10)17-15(19)13-6-7-14(21-13)16(17)20/h4-5,9,13-14,18H,6-8H2,1H3. The van der Waals surface area contributed by atoms with Crippen LogP contribution in [-0.2, 0) is 14.3 Å². The number of morpholine rings is 1. The Kier molecular flexibility index (Phi) is 3.50. The SMILES string of the molecule is Cc1cc(C#CCO)ccc1N1C(=O)C2CCC(O2)C1=O. The fourth-order valence-electron chi connectivity index (χ4n) is 2.76. The van der Waals surface area contributed by atoms with Crippen molar-refractivity contribution in [3.63, 3.8) is 0 Å². The summed E-state index contributed by atoms with van der Waals surface area (Å²) in [5, 5.41) is 8.70. The lowest BCUT2D eigenvalue weighted by Crippen LogP contribution is -2.52. The Morgan fingerprint density at radius 3 is 2.52 bits per heavy atom. The van der Waals surface area contributed by atoms with Crippen LogP contribution >= 0.6 is 0 Å². The monoisotopic (exact) mass is 285 g/mol.